The highest BCUT2D eigenvalue weighted by Crippen LogP contribution is 2.19. The second-order valence-electron chi connectivity index (χ2n) is 7.10. The highest BCUT2D eigenvalue weighted by atomic mass is 19.1. The standard InChI is InChI=1S/C20H31FN4O3/c1-5-22-19(26)14-24-8-10-25(11-9-24)15(2)20(27)23(3)13-16-6-7-18(28-4)17(21)12-16/h6-7,12,15H,5,8-11,13-14H2,1-4H3,(H,22,26). The molecule has 0 radical (unpaired) electrons. The predicted octanol–water partition coefficient (Wildman–Crippen LogP) is 0.935. The van der Waals surface area contributed by atoms with E-state index in [0.29, 0.717) is 25.2 Å². The third kappa shape index (κ3) is 5.90. The molecule has 2 amide bonds. The van der Waals surface area contributed by atoms with Crippen LogP contribution < -0.4 is 10.1 Å². The number of ether oxygens (including phenoxy) is 1. The number of carbonyl (C=O) groups excluding carboxylic acids is 2. The maximum absolute atomic E-state index is 13.9. The van der Waals surface area contributed by atoms with Gasteiger partial charge in [0.1, 0.15) is 0 Å². The molecule has 156 valence electrons. The number of hydrogen-bond acceptors (Lipinski definition) is 5. The van der Waals surface area contributed by atoms with Gasteiger partial charge in [-0.2, -0.15) is 0 Å². The molecule has 0 aromatic heterocycles. The summed E-state index contributed by atoms with van der Waals surface area (Å²) in [6.45, 7) is 8.13. The number of methoxy groups -OCH3 is 1. The lowest BCUT2D eigenvalue weighted by molar-refractivity contribution is -0.136. The molecule has 2 rings (SSSR count). The Morgan fingerprint density at radius 3 is 2.54 bits per heavy atom. The van der Waals surface area contributed by atoms with Crippen molar-refractivity contribution >= 4 is 11.8 Å². The van der Waals surface area contributed by atoms with Crippen LogP contribution in [0.2, 0.25) is 0 Å². The highest BCUT2D eigenvalue weighted by molar-refractivity contribution is 5.81. The Labute approximate surface area is 166 Å². The van der Waals surface area contributed by atoms with Crippen LogP contribution >= 0.6 is 0 Å². The number of nitrogens with zero attached hydrogens (tertiary/aromatic N) is 3. The van der Waals surface area contributed by atoms with Crippen LogP contribution in [-0.2, 0) is 16.1 Å². The summed E-state index contributed by atoms with van der Waals surface area (Å²) in [6.07, 6.45) is 0. The minimum Gasteiger partial charge on any atom is -0.494 e. The highest BCUT2D eigenvalue weighted by Gasteiger charge is 2.28. The van der Waals surface area contributed by atoms with E-state index in [1.54, 1.807) is 24.1 Å². The second kappa shape index (κ2) is 10.4. The van der Waals surface area contributed by atoms with Crippen molar-refractivity contribution < 1.29 is 18.7 Å². The third-order valence-corrected chi connectivity index (χ3v) is 5.07. The fourth-order valence-corrected chi connectivity index (χ4v) is 3.40. The monoisotopic (exact) mass is 394 g/mol. The van der Waals surface area contributed by atoms with Gasteiger partial charge >= 0.3 is 0 Å². The van der Waals surface area contributed by atoms with Crippen molar-refractivity contribution in [2.45, 2.75) is 26.4 Å². The molecule has 1 atom stereocenters. The van der Waals surface area contributed by atoms with Crippen molar-refractivity contribution in [1.29, 1.82) is 0 Å². The number of hydrogen-bond donors (Lipinski definition) is 1. The molecule has 0 saturated carbocycles. The molecule has 1 aromatic carbocycles. The molecule has 1 N–H and O–H groups in total. The number of halogens is 1. The Balaban J connectivity index is 1.85. The third-order valence-electron chi connectivity index (χ3n) is 5.07. The summed E-state index contributed by atoms with van der Waals surface area (Å²) in [5, 5.41) is 2.80. The Morgan fingerprint density at radius 1 is 1.29 bits per heavy atom. The van der Waals surface area contributed by atoms with E-state index in [2.05, 4.69) is 15.1 Å². The van der Waals surface area contributed by atoms with Gasteiger partial charge in [-0.3, -0.25) is 19.4 Å². The van der Waals surface area contributed by atoms with Crippen LogP contribution in [0.25, 0.3) is 0 Å². The van der Waals surface area contributed by atoms with E-state index in [9.17, 15) is 14.0 Å². The number of nitrogens with one attached hydrogen (secondary N) is 1. The zero-order chi connectivity index (χ0) is 20.7. The van der Waals surface area contributed by atoms with E-state index in [1.807, 2.05) is 13.8 Å². The summed E-state index contributed by atoms with van der Waals surface area (Å²) in [5.74, 6) is -0.214. The van der Waals surface area contributed by atoms with Crippen LogP contribution in [0, 0.1) is 5.82 Å². The van der Waals surface area contributed by atoms with E-state index in [0.717, 1.165) is 26.2 Å². The predicted molar refractivity (Wildman–Crippen MR) is 106 cm³/mol. The largest absolute Gasteiger partial charge is 0.494 e. The van der Waals surface area contributed by atoms with Crippen LogP contribution in [0.5, 0.6) is 5.75 Å². The molecule has 0 bridgehead atoms. The summed E-state index contributed by atoms with van der Waals surface area (Å²) in [6, 6.07) is 4.46. The SMILES string of the molecule is CCNC(=O)CN1CCN(C(C)C(=O)N(C)Cc2ccc(OC)c(F)c2)CC1. The molecule has 1 aliphatic heterocycles. The van der Waals surface area contributed by atoms with E-state index in [1.165, 1.54) is 13.2 Å². The molecule has 1 fully saturated rings. The quantitative estimate of drug-likeness (QED) is 0.711. The number of rotatable bonds is 8. The van der Waals surface area contributed by atoms with Crippen molar-refractivity contribution in [1.82, 2.24) is 20.0 Å². The summed E-state index contributed by atoms with van der Waals surface area (Å²) in [5.41, 5.74) is 0.716. The first-order valence-electron chi connectivity index (χ1n) is 9.66. The first kappa shape index (κ1) is 22.1. The summed E-state index contributed by atoms with van der Waals surface area (Å²) in [7, 11) is 3.15. The first-order valence-corrected chi connectivity index (χ1v) is 9.66. The van der Waals surface area contributed by atoms with Crippen LogP contribution in [-0.4, -0.2) is 86.0 Å². The molecule has 0 aliphatic carbocycles. The van der Waals surface area contributed by atoms with Crippen molar-refractivity contribution in [2.75, 3.05) is 53.4 Å². The summed E-state index contributed by atoms with van der Waals surface area (Å²) in [4.78, 5) is 30.3. The van der Waals surface area contributed by atoms with Gasteiger partial charge in [0.25, 0.3) is 0 Å². The molecule has 0 spiro atoms. The lowest BCUT2D eigenvalue weighted by Gasteiger charge is -2.38. The molecular weight excluding hydrogens is 363 g/mol. The molecule has 1 heterocycles. The van der Waals surface area contributed by atoms with Crippen LogP contribution in [0.15, 0.2) is 18.2 Å². The zero-order valence-corrected chi connectivity index (χ0v) is 17.2. The summed E-state index contributed by atoms with van der Waals surface area (Å²) < 4.78 is 18.8. The number of carbonyl (C=O) groups is 2. The Kier molecular flexibility index (Phi) is 8.19. The Bertz CT molecular complexity index is 677. The van der Waals surface area contributed by atoms with Gasteiger partial charge in [0.2, 0.25) is 11.8 Å². The molecular formula is C20H31FN4O3. The van der Waals surface area contributed by atoms with Gasteiger partial charge in [-0.15, -0.1) is 0 Å². The molecule has 8 heteroatoms. The van der Waals surface area contributed by atoms with Crippen LogP contribution in [0.1, 0.15) is 19.4 Å². The van der Waals surface area contributed by atoms with Crippen LogP contribution in [0.3, 0.4) is 0 Å². The molecule has 1 saturated heterocycles. The fourth-order valence-electron chi connectivity index (χ4n) is 3.40. The number of amides is 2. The maximum atomic E-state index is 13.9. The van der Waals surface area contributed by atoms with Crippen molar-refractivity contribution in [3.05, 3.63) is 29.6 Å². The number of likely N-dealkylation sites (N-methyl/N-ethyl adjacent to an activating group) is 2. The minimum absolute atomic E-state index is 0.00611. The van der Waals surface area contributed by atoms with Gasteiger partial charge < -0.3 is 15.0 Å². The molecule has 1 unspecified atom stereocenters. The smallest absolute Gasteiger partial charge is 0.239 e. The van der Waals surface area contributed by atoms with Gasteiger partial charge in [0.15, 0.2) is 11.6 Å². The topological polar surface area (TPSA) is 65.1 Å². The first-order chi connectivity index (χ1) is 13.3. The fraction of sp³-hybridized carbons (Fsp3) is 0.600. The van der Waals surface area contributed by atoms with Crippen LogP contribution in [0.4, 0.5) is 4.39 Å². The van der Waals surface area contributed by atoms with E-state index in [4.69, 9.17) is 4.74 Å². The normalized spacial score (nSPS) is 16.5. The molecule has 7 nitrogen and oxygen atoms in total. The van der Waals surface area contributed by atoms with Crippen molar-refractivity contribution in [2.24, 2.45) is 0 Å². The maximum Gasteiger partial charge on any atom is 0.239 e. The Hall–Kier alpha value is -2.19. The lowest BCUT2D eigenvalue weighted by atomic mass is 10.1. The molecule has 28 heavy (non-hydrogen) atoms. The van der Waals surface area contributed by atoms with Gasteiger partial charge in [-0.25, -0.2) is 4.39 Å². The minimum atomic E-state index is -0.433. The average molecular weight is 394 g/mol. The van der Waals surface area contributed by atoms with E-state index < -0.39 is 5.82 Å². The average Bonchev–Trinajstić information content (AvgIpc) is 2.67. The Morgan fingerprint density at radius 2 is 1.96 bits per heavy atom. The van der Waals surface area contributed by atoms with Gasteiger partial charge in [0, 0.05) is 46.3 Å². The van der Waals surface area contributed by atoms with E-state index in [-0.39, 0.29) is 23.6 Å². The van der Waals surface area contributed by atoms with Gasteiger partial charge in [-0.05, 0) is 31.5 Å². The zero-order valence-electron chi connectivity index (χ0n) is 17.2. The molecule has 1 aliphatic rings. The van der Waals surface area contributed by atoms with Gasteiger partial charge in [0.05, 0.1) is 19.7 Å². The number of benzene rings is 1. The van der Waals surface area contributed by atoms with Crippen molar-refractivity contribution in [3.8, 4) is 5.75 Å². The van der Waals surface area contributed by atoms with E-state index >= 15 is 0 Å². The lowest BCUT2D eigenvalue weighted by Crippen LogP contribution is -2.55. The number of piperazine rings is 1. The van der Waals surface area contributed by atoms with Crippen molar-refractivity contribution in [3.63, 3.8) is 0 Å². The second-order valence-corrected chi connectivity index (χ2v) is 7.10. The summed E-state index contributed by atoms with van der Waals surface area (Å²) >= 11 is 0. The van der Waals surface area contributed by atoms with Gasteiger partial charge in [-0.1, -0.05) is 6.07 Å². The molecule has 1 aromatic rings.